The molecule has 0 heterocycles. The third kappa shape index (κ3) is 6.20. The van der Waals surface area contributed by atoms with Crippen LogP contribution < -0.4 is 16.4 Å². The average Bonchev–Trinajstić information content (AvgIpc) is 2.84. The number of rotatable bonds is 6. The molecule has 1 fully saturated rings. The summed E-state index contributed by atoms with van der Waals surface area (Å²) in [7, 11) is 0. The van der Waals surface area contributed by atoms with E-state index < -0.39 is 0 Å². The van der Waals surface area contributed by atoms with Gasteiger partial charge in [0.15, 0.2) is 0 Å². The van der Waals surface area contributed by atoms with Crippen LogP contribution in [-0.4, -0.2) is 17.9 Å². The lowest BCUT2D eigenvalue weighted by Gasteiger charge is -2.15. The lowest BCUT2D eigenvalue weighted by atomic mass is 10.00. The highest BCUT2D eigenvalue weighted by molar-refractivity contribution is 5.94. The number of hydrogen-bond donors (Lipinski definition) is 3. The monoisotopic (exact) mass is 339 g/mol. The number of carbonyl (C=O) groups is 2. The van der Waals surface area contributed by atoms with E-state index in [1.54, 1.807) is 6.07 Å². The zero-order chi connectivity index (χ0) is 15.9. The second-order valence-corrected chi connectivity index (χ2v) is 5.99. The second-order valence-electron chi connectivity index (χ2n) is 5.99. The van der Waals surface area contributed by atoms with Crippen molar-refractivity contribution in [2.75, 3.05) is 10.6 Å². The molecule has 1 aliphatic rings. The number of amides is 2. The van der Waals surface area contributed by atoms with Crippen molar-refractivity contribution in [3.8, 4) is 0 Å². The third-order valence-corrected chi connectivity index (χ3v) is 4.07. The zero-order valence-electron chi connectivity index (χ0n) is 13.5. The first-order chi connectivity index (χ1) is 10.6. The first kappa shape index (κ1) is 19.5. The molecule has 0 unspecified atom stereocenters. The van der Waals surface area contributed by atoms with Crippen molar-refractivity contribution in [3.63, 3.8) is 0 Å². The molecule has 1 aromatic carbocycles. The lowest BCUT2D eigenvalue weighted by Crippen LogP contribution is -2.28. The molecule has 1 aliphatic carbocycles. The van der Waals surface area contributed by atoms with Gasteiger partial charge in [-0.15, -0.1) is 12.4 Å². The normalized spacial score (nSPS) is 19.7. The highest BCUT2D eigenvalue weighted by atomic mass is 35.5. The van der Waals surface area contributed by atoms with Gasteiger partial charge in [-0.1, -0.05) is 19.4 Å². The Hall–Kier alpha value is -1.59. The molecule has 0 radical (unpaired) electrons. The minimum Gasteiger partial charge on any atom is -0.327 e. The van der Waals surface area contributed by atoms with Crippen LogP contribution in [0, 0.1) is 5.92 Å². The Balaban J connectivity index is 0.00000264. The molecule has 2 rings (SSSR count). The van der Waals surface area contributed by atoms with Gasteiger partial charge in [-0.2, -0.15) is 0 Å². The minimum absolute atomic E-state index is 0. The molecule has 2 atom stereocenters. The Morgan fingerprint density at radius 2 is 1.83 bits per heavy atom. The summed E-state index contributed by atoms with van der Waals surface area (Å²) in [5, 5.41) is 5.72. The zero-order valence-corrected chi connectivity index (χ0v) is 14.3. The maximum atomic E-state index is 12.1. The number of carbonyl (C=O) groups excluding carboxylic acids is 2. The maximum absolute atomic E-state index is 12.1. The Labute approximate surface area is 143 Å². The van der Waals surface area contributed by atoms with Crippen LogP contribution in [0.15, 0.2) is 24.3 Å². The van der Waals surface area contributed by atoms with Crippen molar-refractivity contribution in [2.24, 2.45) is 11.7 Å². The van der Waals surface area contributed by atoms with E-state index in [0.717, 1.165) is 25.7 Å². The van der Waals surface area contributed by atoms with Gasteiger partial charge in [0.05, 0.1) is 0 Å². The number of nitrogens with one attached hydrogen (secondary N) is 2. The predicted octanol–water partition coefficient (Wildman–Crippen LogP) is 3.30. The van der Waals surface area contributed by atoms with Gasteiger partial charge < -0.3 is 16.4 Å². The van der Waals surface area contributed by atoms with E-state index in [1.165, 1.54) is 0 Å². The van der Waals surface area contributed by atoms with E-state index in [4.69, 9.17) is 5.73 Å². The van der Waals surface area contributed by atoms with E-state index in [1.807, 2.05) is 25.1 Å². The average molecular weight is 340 g/mol. The summed E-state index contributed by atoms with van der Waals surface area (Å²) in [6.07, 6.45) is 4.92. The van der Waals surface area contributed by atoms with Crippen molar-refractivity contribution < 1.29 is 9.59 Å². The minimum atomic E-state index is -0.0145. The van der Waals surface area contributed by atoms with Gasteiger partial charge in [-0.3, -0.25) is 9.59 Å². The fraction of sp³-hybridized carbons (Fsp3) is 0.529. The van der Waals surface area contributed by atoms with Gasteiger partial charge >= 0.3 is 0 Å². The van der Waals surface area contributed by atoms with Crippen molar-refractivity contribution in [2.45, 2.75) is 51.5 Å². The quantitative estimate of drug-likeness (QED) is 0.743. The van der Waals surface area contributed by atoms with E-state index in [-0.39, 0.29) is 36.2 Å². The van der Waals surface area contributed by atoms with Crippen LogP contribution >= 0.6 is 12.4 Å². The predicted molar refractivity (Wildman–Crippen MR) is 95.8 cm³/mol. The van der Waals surface area contributed by atoms with Crippen molar-refractivity contribution in [1.82, 2.24) is 0 Å². The molecule has 128 valence electrons. The lowest BCUT2D eigenvalue weighted by molar-refractivity contribution is -0.117. The number of nitrogens with two attached hydrogens (primary N) is 1. The number of hydrogen-bond acceptors (Lipinski definition) is 3. The van der Waals surface area contributed by atoms with Gasteiger partial charge in [0, 0.05) is 30.3 Å². The van der Waals surface area contributed by atoms with Gasteiger partial charge in [0.1, 0.15) is 0 Å². The standard InChI is InChI=1S/C17H25N3O2.ClH/c1-2-5-16(21)19-13-7-4-8-14(11-13)20-17(22)10-12-6-3-9-15(12)18;/h4,7-8,11-12,15H,2-3,5-6,9-10,18H2,1H3,(H,19,21)(H,20,22);1H/t12-,15+;/m0./s1. The van der Waals surface area contributed by atoms with Crippen LogP contribution in [0.1, 0.15) is 45.4 Å². The summed E-state index contributed by atoms with van der Waals surface area (Å²) in [5.74, 6) is 0.259. The Kier molecular flexibility index (Phi) is 8.06. The van der Waals surface area contributed by atoms with Crippen molar-refractivity contribution in [3.05, 3.63) is 24.3 Å². The summed E-state index contributed by atoms with van der Waals surface area (Å²) >= 11 is 0. The highest BCUT2D eigenvalue weighted by Gasteiger charge is 2.25. The summed E-state index contributed by atoms with van der Waals surface area (Å²) in [6.45, 7) is 1.96. The summed E-state index contributed by atoms with van der Waals surface area (Å²) in [6, 6.07) is 7.38. The molecule has 1 aromatic rings. The molecule has 5 nitrogen and oxygen atoms in total. The van der Waals surface area contributed by atoms with Crippen LogP contribution in [0.5, 0.6) is 0 Å². The molecular weight excluding hydrogens is 314 g/mol. The van der Waals surface area contributed by atoms with Crippen LogP contribution in [0.3, 0.4) is 0 Å². The molecule has 23 heavy (non-hydrogen) atoms. The first-order valence-corrected chi connectivity index (χ1v) is 8.04. The summed E-state index contributed by atoms with van der Waals surface area (Å²) in [4.78, 5) is 23.7. The Morgan fingerprint density at radius 3 is 2.39 bits per heavy atom. The van der Waals surface area contributed by atoms with E-state index >= 15 is 0 Å². The largest absolute Gasteiger partial charge is 0.327 e. The smallest absolute Gasteiger partial charge is 0.224 e. The third-order valence-electron chi connectivity index (χ3n) is 4.07. The summed E-state index contributed by atoms with van der Waals surface area (Å²) < 4.78 is 0. The van der Waals surface area contributed by atoms with E-state index in [0.29, 0.717) is 24.2 Å². The van der Waals surface area contributed by atoms with E-state index in [9.17, 15) is 9.59 Å². The molecule has 0 saturated heterocycles. The molecular formula is C17H26ClN3O2. The van der Waals surface area contributed by atoms with Gasteiger partial charge in [0.2, 0.25) is 11.8 Å². The Bertz CT molecular complexity index is 536. The molecule has 0 spiro atoms. The Morgan fingerprint density at radius 1 is 1.17 bits per heavy atom. The number of halogens is 1. The number of anilines is 2. The number of benzene rings is 1. The first-order valence-electron chi connectivity index (χ1n) is 8.04. The molecule has 0 bridgehead atoms. The fourth-order valence-corrected chi connectivity index (χ4v) is 2.89. The van der Waals surface area contributed by atoms with Crippen molar-refractivity contribution >= 4 is 35.6 Å². The topological polar surface area (TPSA) is 84.2 Å². The summed E-state index contributed by atoms with van der Waals surface area (Å²) in [5.41, 5.74) is 7.40. The van der Waals surface area contributed by atoms with Crippen LogP contribution in [0.4, 0.5) is 11.4 Å². The SMILES string of the molecule is CCCC(=O)Nc1cccc(NC(=O)C[C@@H]2CCC[C@H]2N)c1.Cl. The second kappa shape index (κ2) is 9.53. The molecule has 2 amide bonds. The molecule has 0 aromatic heterocycles. The highest BCUT2D eigenvalue weighted by Crippen LogP contribution is 2.27. The van der Waals surface area contributed by atoms with Crippen LogP contribution in [0.2, 0.25) is 0 Å². The molecule has 1 saturated carbocycles. The van der Waals surface area contributed by atoms with Gasteiger partial charge in [-0.05, 0) is 43.4 Å². The van der Waals surface area contributed by atoms with Gasteiger partial charge in [-0.25, -0.2) is 0 Å². The maximum Gasteiger partial charge on any atom is 0.224 e. The van der Waals surface area contributed by atoms with Gasteiger partial charge in [0.25, 0.3) is 0 Å². The van der Waals surface area contributed by atoms with E-state index in [2.05, 4.69) is 10.6 Å². The van der Waals surface area contributed by atoms with Crippen LogP contribution in [-0.2, 0) is 9.59 Å². The molecule has 4 N–H and O–H groups in total. The van der Waals surface area contributed by atoms with Crippen LogP contribution in [0.25, 0.3) is 0 Å². The fourth-order valence-electron chi connectivity index (χ4n) is 2.89. The van der Waals surface area contributed by atoms with Crippen molar-refractivity contribution in [1.29, 1.82) is 0 Å². The molecule has 6 heteroatoms. The molecule has 0 aliphatic heterocycles.